The summed E-state index contributed by atoms with van der Waals surface area (Å²) >= 11 is 6.18. The van der Waals surface area contributed by atoms with Crippen molar-refractivity contribution in [1.29, 1.82) is 0 Å². The molecule has 1 aliphatic rings. The minimum atomic E-state index is -3.82. The van der Waals surface area contributed by atoms with Gasteiger partial charge in [0.1, 0.15) is 16.7 Å². The molecule has 2 heterocycles. The fraction of sp³-hybridized carbons (Fsp3) is 0.353. The summed E-state index contributed by atoms with van der Waals surface area (Å²) < 4.78 is 57.7. The highest BCUT2D eigenvalue weighted by atomic mass is 35.5. The number of carbonyl (C=O) groups is 1. The van der Waals surface area contributed by atoms with E-state index in [4.69, 9.17) is 11.6 Å². The van der Waals surface area contributed by atoms with Crippen molar-refractivity contribution in [2.45, 2.75) is 0 Å². The molecule has 0 atom stereocenters. The Bertz CT molecular complexity index is 1110. The summed E-state index contributed by atoms with van der Waals surface area (Å²) in [5.41, 5.74) is -0.635. The third kappa shape index (κ3) is 4.60. The second-order valence-corrected chi connectivity index (χ2v) is 8.75. The molecule has 30 heavy (non-hydrogen) atoms. The van der Waals surface area contributed by atoms with Gasteiger partial charge in [0.15, 0.2) is 5.75 Å². The number of hydrogen-bond acceptors (Lipinski definition) is 7. The molecule has 0 N–H and O–H groups in total. The fourth-order valence-corrected chi connectivity index (χ4v) is 4.56. The van der Waals surface area contributed by atoms with E-state index in [2.05, 4.69) is 9.84 Å². The van der Waals surface area contributed by atoms with Gasteiger partial charge in [0.05, 0.1) is 24.7 Å². The summed E-state index contributed by atoms with van der Waals surface area (Å²) in [5.74, 6) is -3.36. The molecule has 1 saturated heterocycles. The molecular weight excluding hydrogens is 446 g/mol. The second kappa shape index (κ2) is 8.66. The normalized spacial score (nSPS) is 15.3. The monoisotopic (exact) mass is 462 g/mol. The van der Waals surface area contributed by atoms with Crippen molar-refractivity contribution in [3.8, 4) is 5.69 Å². The van der Waals surface area contributed by atoms with Gasteiger partial charge in [-0.15, -0.1) is 0 Å². The summed E-state index contributed by atoms with van der Waals surface area (Å²) in [4.78, 5) is 25.5. The highest BCUT2D eigenvalue weighted by molar-refractivity contribution is 7.89. The molecule has 2 aromatic rings. The van der Waals surface area contributed by atoms with E-state index in [1.807, 2.05) is 0 Å². The number of ether oxygens (including phenoxy) is 1. The highest BCUT2D eigenvalue weighted by Gasteiger charge is 2.30. The summed E-state index contributed by atoms with van der Waals surface area (Å²) in [6.45, 7) is 0.515. The Morgan fingerprint density at radius 2 is 1.77 bits per heavy atom. The van der Waals surface area contributed by atoms with Crippen LogP contribution in [0.3, 0.4) is 0 Å². The Morgan fingerprint density at radius 1 is 1.17 bits per heavy atom. The number of aromatic nitrogens is 2. The van der Waals surface area contributed by atoms with Crippen LogP contribution in [-0.4, -0.2) is 67.5 Å². The van der Waals surface area contributed by atoms with Crippen molar-refractivity contribution in [1.82, 2.24) is 14.1 Å². The average molecular weight is 463 g/mol. The first-order chi connectivity index (χ1) is 14.1. The number of nitrogens with zero attached hydrogens (tertiary/aromatic N) is 4. The van der Waals surface area contributed by atoms with Gasteiger partial charge in [-0.3, -0.25) is 9.59 Å². The van der Waals surface area contributed by atoms with Gasteiger partial charge in [0.25, 0.3) is 5.56 Å². The predicted octanol–water partition coefficient (Wildman–Crippen LogP) is 0.789. The largest absolute Gasteiger partial charge is 0.468 e. The molecule has 1 aromatic heterocycles. The molecule has 1 fully saturated rings. The van der Waals surface area contributed by atoms with E-state index in [0.29, 0.717) is 6.07 Å². The highest BCUT2D eigenvalue weighted by Crippen LogP contribution is 2.24. The first kappa shape index (κ1) is 22.1. The summed E-state index contributed by atoms with van der Waals surface area (Å²) in [6, 6.07) is 2.55. The van der Waals surface area contributed by atoms with Crippen LogP contribution in [0.5, 0.6) is 0 Å². The summed E-state index contributed by atoms with van der Waals surface area (Å²) in [7, 11) is -2.72. The van der Waals surface area contributed by atoms with Crippen LogP contribution in [0.15, 0.2) is 29.2 Å². The van der Waals surface area contributed by atoms with Gasteiger partial charge in [-0.2, -0.15) is 14.1 Å². The zero-order chi connectivity index (χ0) is 22.1. The number of sulfonamides is 1. The van der Waals surface area contributed by atoms with E-state index in [0.717, 1.165) is 28.2 Å². The SMILES string of the molecule is COC(=O)CS(=O)(=O)N1CCN(c2cnn(-c3cc(F)cc(F)c3)c(=O)c2Cl)CC1. The van der Waals surface area contributed by atoms with Gasteiger partial charge in [0.2, 0.25) is 10.0 Å². The van der Waals surface area contributed by atoms with Crippen molar-refractivity contribution in [3.05, 3.63) is 51.4 Å². The molecule has 0 saturated carbocycles. The lowest BCUT2D eigenvalue weighted by atomic mass is 10.3. The molecule has 1 aliphatic heterocycles. The van der Waals surface area contributed by atoms with Gasteiger partial charge in [0, 0.05) is 32.2 Å². The number of benzene rings is 1. The zero-order valence-electron chi connectivity index (χ0n) is 15.7. The number of piperazine rings is 1. The van der Waals surface area contributed by atoms with Crippen LogP contribution in [0.2, 0.25) is 5.02 Å². The minimum absolute atomic E-state index is 0.0633. The Hall–Kier alpha value is -2.57. The lowest BCUT2D eigenvalue weighted by molar-refractivity contribution is -0.137. The summed E-state index contributed by atoms with van der Waals surface area (Å²) in [5, 5.41) is 3.71. The van der Waals surface area contributed by atoms with E-state index < -0.39 is 38.9 Å². The number of halogens is 3. The van der Waals surface area contributed by atoms with E-state index >= 15 is 0 Å². The van der Waals surface area contributed by atoms with Gasteiger partial charge < -0.3 is 9.64 Å². The van der Waals surface area contributed by atoms with Crippen LogP contribution in [0.1, 0.15) is 0 Å². The maximum absolute atomic E-state index is 13.4. The Labute approximate surface area is 175 Å². The quantitative estimate of drug-likeness (QED) is 0.605. The van der Waals surface area contributed by atoms with Crippen LogP contribution in [0.25, 0.3) is 5.69 Å². The number of anilines is 1. The Kier molecular flexibility index (Phi) is 6.38. The van der Waals surface area contributed by atoms with Gasteiger partial charge in [-0.1, -0.05) is 11.6 Å². The topological polar surface area (TPSA) is 102 Å². The van der Waals surface area contributed by atoms with E-state index in [-0.39, 0.29) is 42.6 Å². The summed E-state index contributed by atoms with van der Waals surface area (Å²) in [6.07, 6.45) is 1.27. The number of esters is 1. The third-order valence-electron chi connectivity index (χ3n) is 4.49. The Balaban J connectivity index is 1.79. The van der Waals surface area contributed by atoms with Crippen LogP contribution in [0, 0.1) is 11.6 Å². The third-order valence-corrected chi connectivity index (χ3v) is 6.60. The van der Waals surface area contributed by atoms with E-state index in [9.17, 15) is 26.8 Å². The Morgan fingerprint density at radius 3 is 2.33 bits per heavy atom. The molecule has 0 bridgehead atoms. The number of hydrogen-bond donors (Lipinski definition) is 0. The molecule has 0 unspecified atom stereocenters. The molecule has 13 heteroatoms. The first-order valence-corrected chi connectivity index (χ1v) is 10.6. The zero-order valence-corrected chi connectivity index (χ0v) is 17.3. The number of carbonyl (C=O) groups excluding carboxylic acids is 1. The minimum Gasteiger partial charge on any atom is -0.468 e. The standard InChI is InChI=1S/C17H17ClF2N4O5S/c1-29-15(25)10-30(27,28)23-4-2-22(3-5-23)14-9-21-24(17(26)16(14)18)13-7-11(19)6-12(20)8-13/h6-9H,2-5,10H2,1H3. The van der Waals surface area contributed by atoms with Crippen molar-refractivity contribution in [2.75, 3.05) is 43.9 Å². The fourth-order valence-electron chi connectivity index (χ4n) is 3.00. The molecule has 9 nitrogen and oxygen atoms in total. The molecule has 0 spiro atoms. The molecule has 3 rings (SSSR count). The molecule has 162 valence electrons. The van der Waals surface area contributed by atoms with Crippen LogP contribution >= 0.6 is 11.6 Å². The smallest absolute Gasteiger partial charge is 0.322 e. The van der Waals surface area contributed by atoms with E-state index in [1.165, 1.54) is 6.20 Å². The molecule has 0 radical (unpaired) electrons. The van der Waals surface area contributed by atoms with Gasteiger partial charge in [-0.05, 0) is 12.1 Å². The lowest BCUT2D eigenvalue weighted by Crippen LogP contribution is -2.50. The maximum atomic E-state index is 13.4. The van der Waals surface area contributed by atoms with Crippen LogP contribution in [-0.2, 0) is 19.6 Å². The number of methoxy groups -OCH3 is 1. The van der Waals surface area contributed by atoms with Crippen molar-refractivity contribution < 1.29 is 26.7 Å². The van der Waals surface area contributed by atoms with Crippen molar-refractivity contribution >= 4 is 33.3 Å². The predicted molar refractivity (Wildman–Crippen MR) is 104 cm³/mol. The second-order valence-electron chi connectivity index (χ2n) is 6.41. The number of rotatable bonds is 5. The van der Waals surface area contributed by atoms with Crippen LogP contribution in [0.4, 0.5) is 14.5 Å². The van der Waals surface area contributed by atoms with Gasteiger partial charge >= 0.3 is 5.97 Å². The maximum Gasteiger partial charge on any atom is 0.322 e. The average Bonchev–Trinajstić information content (AvgIpc) is 2.69. The molecule has 1 aromatic carbocycles. The van der Waals surface area contributed by atoms with Crippen LogP contribution < -0.4 is 10.5 Å². The molecular formula is C17H17ClF2N4O5S. The van der Waals surface area contributed by atoms with E-state index in [1.54, 1.807) is 4.90 Å². The van der Waals surface area contributed by atoms with Crippen molar-refractivity contribution in [2.24, 2.45) is 0 Å². The van der Waals surface area contributed by atoms with Gasteiger partial charge in [-0.25, -0.2) is 17.2 Å². The molecule has 0 aliphatic carbocycles. The van der Waals surface area contributed by atoms with Crippen molar-refractivity contribution in [3.63, 3.8) is 0 Å². The lowest BCUT2D eigenvalue weighted by Gasteiger charge is -2.35. The molecule has 0 amide bonds. The first-order valence-electron chi connectivity index (χ1n) is 8.66.